The van der Waals surface area contributed by atoms with E-state index in [9.17, 15) is 9.59 Å². The number of benzene rings is 3. The van der Waals surface area contributed by atoms with E-state index in [-0.39, 0.29) is 11.8 Å². The number of rotatable bonds is 5. The molecule has 1 fully saturated rings. The van der Waals surface area contributed by atoms with Crippen LogP contribution in [0, 0.1) is 6.92 Å². The Morgan fingerprint density at radius 3 is 2.64 bits per heavy atom. The average Bonchev–Trinajstić information content (AvgIpc) is 3.50. The van der Waals surface area contributed by atoms with Gasteiger partial charge in [-0.3, -0.25) is 9.59 Å². The molecular weight excluding hydrogens is 434 g/mol. The zero-order valence-electron chi connectivity index (χ0n) is 18.1. The molecule has 0 bridgehead atoms. The highest BCUT2D eigenvalue weighted by atomic mass is 32.1. The lowest BCUT2D eigenvalue weighted by molar-refractivity contribution is -0.124. The molecule has 33 heavy (non-hydrogen) atoms. The standard InChI is InChI=1S/C26H23N3O3S/c1-16-7-12-21-23(14-16)33-26(29-21)17-8-10-19(11-9-17)27-24(30)18-4-2-5-20(15-18)28-25(31)22-6-3-13-32-22/h2,4-5,7-12,14-15,22H,3,6,13H2,1H3,(H,27,30)(H,28,31). The van der Waals surface area contributed by atoms with E-state index in [0.29, 0.717) is 23.5 Å². The van der Waals surface area contributed by atoms with Gasteiger partial charge in [0.2, 0.25) is 0 Å². The summed E-state index contributed by atoms with van der Waals surface area (Å²) in [5, 5.41) is 6.69. The fourth-order valence-corrected chi connectivity index (χ4v) is 4.87. The lowest BCUT2D eigenvalue weighted by Gasteiger charge is -2.11. The van der Waals surface area contributed by atoms with E-state index in [0.717, 1.165) is 33.6 Å². The summed E-state index contributed by atoms with van der Waals surface area (Å²) in [6, 6.07) is 20.8. The predicted octanol–water partition coefficient (Wildman–Crippen LogP) is 5.64. The van der Waals surface area contributed by atoms with Crippen molar-refractivity contribution in [3.8, 4) is 10.6 Å². The fraction of sp³-hybridized carbons (Fsp3) is 0.192. The Bertz CT molecular complexity index is 1320. The molecule has 166 valence electrons. The number of aromatic nitrogens is 1. The molecule has 0 radical (unpaired) electrons. The molecule has 1 aliphatic rings. The second-order valence-electron chi connectivity index (χ2n) is 8.09. The highest BCUT2D eigenvalue weighted by Gasteiger charge is 2.23. The van der Waals surface area contributed by atoms with Gasteiger partial charge in [-0.05, 0) is 79.9 Å². The third-order valence-corrected chi connectivity index (χ3v) is 6.62. The zero-order valence-corrected chi connectivity index (χ0v) is 18.9. The van der Waals surface area contributed by atoms with Gasteiger partial charge in [-0.15, -0.1) is 11.3 Å². The highest BCUT2D eigenvalue weighted by Crippen LogP contribution is 2.31. The fourth-order valence-electron chi connectivity index (χ4n) is 3.80. The smallest absolute Gasteiger partial charge is 0.255 e. The minimum atomic E-state index is -0.416. The summed E-state index contributed by atoms with van der Waals surface area (Å²) in [5.74, 6) is -0.419. The van der Waals surface area contributed by atoms with Crippen molar-refractivity contribution in [2.24, 2.45) is 0 Å². The van der Waals surface area contributed by atoms with E-state index in [1.54, 1.807) is 35.6 Å². The van der Waals surface area contributed by atoms with Gasteiger partial charge < -0.3 is 15.4 Å². The van der Waals surface area contributed by atoms with Crippen LogP contribution in [0.3, 0.4) is 0 Å². The van der Waals surface area contributed by atoms with Crippen LogP contribution in [0.2, 0.25) is 0 Å². The number of amides is 2. The van der Waals surface area contributed by atoms with Crippen LogP contribution in [0.25, 0.3) is 20.8 Å². The van der Waals surface area contributed by atoms with Crippen LogP contribution >= 0.6 is 11.3 Å². The Balaban J connectivity index is 1.26. The van der Waals surface area contributed by atoms with Crippen LogP contribution in [0.15, 0.2) is 66.7 Å². The van der Waals surface area contributed by atoms with Crippen molar-refractivity contribution in [1.29, 1.82) is 0 Å². The summed E-state index contributed by atoms with van der Waals surface area (Å²) in [5.41, 5.74) is 4.94. The number of hydrogen-bond acceptors (Lipinski definition) is 5. The molecule has 2 N–H and O–H groups in total. The van der Waals surface area contributed by atoms with Crippen molar-refractivity contribution >= 4 is 44.7 Å². The van der Waals surface area contributed by atoms with E-state index < -0.39 is 6.10 Å². The first-order valence-corrected chi connectivity index (χ1v) is 11.7. The van der Waals surface area contributed by atoms with Gasteiger partial charge in [0, 0.05) is 29.1 Å². The van der Waals surface area contributed by atoms with Gasteiger partial charge in [0.25, 0.3) is 11.8 Å². The molecule has 1 atom stereocenters. The van der Waals surface area contributed by atoms with E-state index in [1.807, 2.05) is 30.3 Å². The highest BCUT2D eigenvalue weighted by molar-refractivity contribution is 7.21. The van der Waals surface area contributed by atoms with Gasteiger partial charge in [-0.1, -0.05) is 12.1 Å². The topological polar surface area (TPSA) is 80.3 Å². The van der Waals surface area contributed by atoms with Gasteiger partial charge >= 0.3 is 0 Å². The maximum Gasteiger partial charge on any atom is 0.255 e. The average molecular weight is 458 g/mol. The Hall–Kier alpha value is -3.55. The monoisotopic (exact) mass is 457 g/mol. The summed E-state index contributed by atoms with van der Waals surface area (Å²) in [6.45, 7) is 2.68. The quantitative estimate of drug-likeness (QED) is 0.406. The summed E-state index contributed by atoms with van der Waals surface area (Å²) in [7, 11) is 0. The Morgan fingerprint density at radius 1 is 1.00 bits per heavy atom. The number of aryl methyl sites for hydroxylation is 1. The zero-order chi connectivity index (χ0) is 22.8. The number of carbonyl (C=O) groups excluding carboxylic acids is 2. The molecule has 1 saturated heterocycles. The van der Waals surface area contributed by atoms with Crippen molar-refractivity contribution in [3.05, 3.63) is 77.9 Å². The summed E-state index contributed by atoms with van der Waals surface area (Å²) in [6.07, 6.45) is 1.19. The largest absolute Gasteiger partial charge is 0.368 e. The molecule has 7 heteroatoms. The minimum Gasteiger partial charge on any atom is -0.368 e. The van der Waals surface area contributed by atoms with Gasteiger partial charge in [0.1, 0.15) is 11.1 Å². The summed E-state index contributed by atoms with van der Waals surface area (Å²) < 4.78 is 6.57. The van der Waals surface area contributed by atoms with E-state index in [1.165, 1.54) is 5.56 Å². The van der Waals surface area contributed by atoms with Crippen molar-refractivity contribution in [3.63, 3.8) is 0 Å². The molecule has 0 saturated carbocycles. The molecule has 1 aliphatic heterocycles. The molecule has 3 aromatic carbocycles. The second-order valence-corrected chi connectivity index (χ2v) is 9.12. The second kappa shape index (κ2) is 9.13. The molecule has 0 spiro atoms. The lowest BCUT2D eigenvalue weighted by Crippen LogP contribution is -2.27. The van der Waals surface area contributed by atoms with Gasteiger partial charge in [-0.2, -0.15) is 0 Å². The SMILES string of the molecule is Cc1ccc2nc(-c3ccc(NC(=O)c4cccc(NC(=O)C5CCCO5)c4)cc3)sc2c1. The number of anilines is 2. The Morgan fingerprint density at radius 2 is 1.85 bits per heavy atom. The number of hydrogen-bond donors (Lipinski definition) is 2. The van der Waals surface area contributed by atoms with E-state index >= 15 is 0 Å². The van der Waals surface area contributed by atoms with E-state index in [4.69, 9.17) is 9.72 Å². The van der Waals surface area contributed by atoms with Crippen LogP contribution < -0.4 is 10.6 Å². The predicted molar refractivity (Wildman–Crippen MR) is 132 cm³/mol. The molecule has 2 amide bonds. The van der Waals surface area contributed by atoms with Crippen LogP contribution in [0.5, 0.6) is 0 Å². The van der Waals surface area contributed by atoms with Crippen molar-refractivity contribution in [2.75, 3.05) is 17.2 Å². The normalized spacial score (nSPS) is 15.5. The summed E-state index contributed by atoms with van der Waals surface area (Å²) >= 11 is 1.65. The maximum absolute atomic E-state index is 12.8. The van der Waals surface area contributed by atoms with E-state index in [2.05, 4.69) is 29.7 Å². The van der Waals surface area contributed by atoms with Gasteiger partial charge in [0.05, 0.1) is 10.2 Å². The molecule has 2 heterocycles. The number of thiazole rings is 1. The van der Waals surface area contributed by atoms with Crippen molar-refractivity contribution in [1.82, 2.24) is 4.98 Å². The molecule has 1 unspecified atom stereocenters. The molecule has 5 rings (SSSR count). The molecule has 6 nitrogen and oxygen atoms in total. The first kappa shape index (κ1) is 21.3. The van der Waals surface area contributed by atoms with Gasteiger partial charge in [0.15, 0.2) is 0 Å². The Labute approximate surface area is 195 Å². The number of carbonyl (C=O) groups is 2. The Kier molecular flexibility index (Phi) is 5.90. The number of nitrogens with one attached hydrogen (secondary N) is 2. The summed E-state index contributed by atoms with van der Waals surface area (Å²) in [4.78, 5) is 29.7. The minimum absolute atomic E-state index is 0.175. The first-order valence-electron chi connectivity index (χ1n) is 10.9. The van der Waals surface area contributed by atoms with Crippen LogP contribution in [0.4, 0.5) is 11.4 Å². The number of fused-ring (bicyclic) bond motifs is 1. The molecular formula is C26H23N3O3S. The molecule has 1 aromatic heterocycles. The number of nitrogens with zero attached hydrogens (tertiary/aromatic N) is 1. The third kappa shape index (κ3) is 4.79. The third-order valence-electron chi connectivity index (χ3n) is 5.55. The molecule has 0 aliphatic carbocycles. The van der Waals surface area contributed by atoms with Crippen LogP contribution in [-0.4, -0.2) is 29.5 Å². The number of ether oxygens (including phenoxy) is 1. The molecule has 4 aromatic rings. The first-order chi connectivity index (χ1) is 16.0. The van der Waals surface area contributed by atoms with Gasteiger partial charge in [-0.25, -0.2) is 4.98 Å². The van der Waals surface area contributed by atoms with Crippen LogP contribution in [-0.2, 0) is 9.53 Å². The lowest BCUT2D eigenvalue weighted by atomic mass is 10.1. The van der Waals surface area contributed by atoms with Crippen molar-refractivity contribution < 1.29 is 14.3 Å². The van der Waals surface area contributed by atoms with Crippen molar-refractivity contribution in [2.45, 2.75) is 25.9 Å². The van der Waals surface area contributed by atoms with Crippen LogP contribution in [0.1, 0.15) is 28.8 Å². The maximum atomic E-state index is 12.8.